The van der Waals surface area contributed by atoms with E-state index in [2.05, 4.69) is 45.0 Å². The highest BCUT2D eigenvalue weighted by atomic mass is 35.5. The summed E-state index contributed by atoms with van der Waals surface area (Å²) in [5.41, 5.74) is 3.76. The summed E-state index contributed by atoms with van der Waals surface area (Å²) in [5, 5.41) is 0.795. The highest BCUT2D eigenvalue weighted by molar-refractivity contribution is 7.98. The van der Waals surface area contributed by atoms with Crippen LogP contribution >= 0.6 is 23.4 Å². The molecule has 2 nitrogen and oxygen atoms in total. The summed E-state index contributed by atoms with van der Waals surface area (Å²) < 4.78 is 11.3. The SMILES string of the molecule is CCCCc1c(Cl)cc2c(c1CSc1ccc(C(C)C)cc1)OCO2. The second-order valence-corrected chi connectivity index (χ2v) is 8.12. The molecule has 0 unspecified atom stereocenters. The van der Waals surface area contributed by atoms with Crippen molar-refractivity contribution in [3.05, 3.63) is 52.0 Å². The average molecular weight is 377 g/mol. The van der Waals surface area contributed by atoms with Crippen molar-refractivity contribution >= 4 is 23.4 Å². The largest absolute Gasteiger partial charge is 0.454 e. The summed E-state index contributed by atoms with van der Waals surface area (Å²) in [4.78, 5) is 1.26. The first kappa shape index (κ1) is 18.5. The van der Waals surface area contributed by atoms with E-state index in [4.69, 9.17) is 21.1 Å². The predicted molar refractivity (Wildman–Crippen MR) is 106 cm³/mol. The minimum Gasteiger partial charge on any atom is -0.454 e. The molecule has 4 heteroatoms. The van der Waals surface area contributed by atoms with Gasteiger partial charge in [-0.1, -0.05) is 50.9 Å². The molecule has 1 heterocycles. The van der Waals surface area contributed by atoms with Crippen LogP contribution in [0.3, 0.4) is 0 Å². The molecule has 0 N–H and O–H groups in total. The van der Waals surface area contributed by atoms with Crippen LogP contribution in [0.1, 0.15) is 56.2 Å². The van der Waals surface area contributed by atoms with Crippen molar-refractivity contribution in [3.8, 4) is 11.5 Å². The Bertz CT molecular complexity index is 726. The van der Waals surface area contributed by atoms with Crippen LogP contribution in [-0.4, -0.2) is 6.79 Å². The van der Waals surface area contributed by atoms with E-state index < -0.39 is 0 Å². The van der Waals surface area contributed by atoms with Crippen molar-refractivity contribution in [1.29, 1.82) is 0 Å². The molecule has 0 spiro atoms. The van der Waals surface area contributed by atoms with Crippen LogP contribution < -0.4 is 9.47 Å². The molecule has 25 heavy (non-hydrogen) atoms. The lowest BCUT2D eigenvalue weighted by Gasteiger charge is -2.14. The summed E-state index contributed by atoms with van der Waals surface area (Å²) in [5.74, 6) is 3.05. The molecule has 0 aromatic heterocycles. The summed E-state index contributed by atoms with van der Waals surface area (Å²) in [6.45, 7) is 6.92. The second kappa shape index (κ2) is 8.37. The van der Waals surface area contributed by atoms with E-state index >= 15 is 0 Å². The fourth-order valence-electron chi connectivity index (χ4n) is 3.00. The maximum atomic E-state index is 6.54. The van der Waals surface area contributed by atoms with Gasteiger partial charge < -0.3 is 9.47 Å². The third-order valence-corrected chi connectivity index (χ3v) is 5.91. The minimum atomic E-state index is 0.281. The molecule has 2 aromatic carbocycles. The second-order valence-electron chi connectivity index (χ2n) is 6.67. The van der Waals surface area contributed by atoms with Gasteiger partial charge in [0, 0.05) is 27.3 Å². The van der Waals surface area contributed by atoms with Crippen molar-refractivity contribution in [1.82, 2.24) is 0 Å². The normalized spacial score (nSPS) is 12.8. The zero-order valence-electron chi connectivity index (χ0n) is 15.1. The highest BCUT2D eigenvalue weighted by Gasteiger charge is 2.23. The van der Waals surface area contributed by atoms with Crippen LogP contribution in [0.5, 0.6) is 11.5 Å². The smallest absolute Gasteiger partial charge is 0.231 e. The molecule has 0 saturated carbocycles. The van der Waals surface area contributed by atoms with Crippen molar-refractivity contribution in [2.24, 2.45) is 0 Å². The molecule has 134 valence electrons. The van der Waals surface area contributed by atoms with Crippen molar-refractivity contribution in [2.75, 3.05) is 6.79 Å². The molecule has 0 bridgehead atoms. The molecule has 0 saturated heterocycles. The Kier molecular flexibility index (Phi) is 6.19. The van der Waals surface area contributed by atoms with Gasteiger partial charge in [0.2, 0.25) is 6.79 Å². The van der Waals surface area contributed by atoms with Gasteiger partial charge in [-0.2, -0.15) is 0 Å². The monoisotopic (exact) mass is 376 g/mol. The predicted octanol–water partition coefficient (Wildman–Crippen LogP) is 6.83. The van der Waals surface area contributed by atoms with Crippen molar-refractivity contribution < 1.29 is 9.47 Å². The van der Waals surface area contributed by atoms with Gasteiger partial charge in [0.15, 0.2) is 11.5 Å². The quantitative estimate of drug-likeness (QED) is 0.493. The summed E-state index contributed by atoms with van der Waals surface area (Å²) in [6.07, 6.45) is 3.25. The minimum absolute atomic E-state index is 0.281. The van der Waals surface area contributed by atoms with Crippen LogP contribution in [0, 0.1) is 0 Å². The lowest BCUT2D eigenvalue weighted by molar-refractivity contribution is 0.173. The Labute approximate surface area is 159 Å². The van der Waals surface area contributed by atoms with Crippen LogP contribution in [0.15, 0.2) is 35.2 Å². The fourth-order valence-corrected chi connectivity index (χ4v) is 4.25. The standard InChI is InChI=1S/C21H25ClO2S/c1-4-5-6-17-18(21-20(11-19(17)22)23-13-24-21)12-25-16-9-7-15(8-10-16)14(2)3/h7-11,14H,4-6,12-13H2,1-3H3. The number of benzene rings is 2. The summed E-state index contributed by atoms with van der Waals surface area (Å²) in [7, 11) is 0. The zero-order chi connectivity index (χ0) is 17.8. The third kappa shape index (κ3) is 4.27. The van der Waals surface area contributed by atoms with Gasteiger partial charge in [0.1, 0.15) is 0 Å². The van der Waals surface area contributed by atoms with Crippen LogP contribution in [0.25, 0.3) is 0 Å². The maximum absolute atomic E-state index is 6.54. The lowest BCUT2D eigenvalue weighted by Crippen LogP contribution is -1.98. The topological polar surface area (TPSA) is 18.5 Å². The van der Waals surface area contributed by atoms with E-state index in [9.17, 15) is 0 Å². The molecule has 1 aliphatic heterocycles. The Morgan fingerprint density at radius 3 is 2.56 bits per heavy atom. The van der Waals surface area contributed by atoms with Gasteiger partial charge in [-0.25, -0.2) is 0 Å². The average Bonchev–Trinajstić information content (AvgIpc) is 3.06. The number of halogens is 1. The molecular formula is C21H25ClO2S. The van der Waals surface area contributed by atoms with Crippen LogP contribution in [0.2, 0.25) is 5.02 Å². The van der Waals surface area contributed by atoms with Gasteiger partial charge >= 0.3 is 0 Å². The zero-order valence-corrected chi connectivity index (χ0v) is 16.7. The number of rotatable bonds is 7. The fraction of sp³-hybridized carbons (Fsp3) is 0.429. The van der Waals surface area contributed by atoms with Crippen molar-refractivity contribution in [3.63, 3.8) is 0 Å². The number of ether oxygens (including phenoxy) is 2. The number of hydrogen-bond donors (Lipinski definition) is 0. The maximum Gasteiger partial charge on any atom is 0.231 e. The molecule has 3 rings (SSSR count). The first-order valence-corrected chi connectivity index (χ1v) is 10.3. The van der Waals surface area contributed by atoms with E-state index in [0.29, 0.717) is 5.92 Å². The van der Waals surface area contributed by atoms with E-state index in [1.165, 1.54) is 21.6 Å². The summed E-state index contributed by atoms with van der Waals surface area (Å²) >= 11 is 8.36. The van der Waals surface area contributed by atoms with Crippen molar-refractivity contribution in [2.45, 2.75) is 56.6 Å². The molecule has 0 aliphatic carbocycles. The number of hydrogen-bond acceptors (Lipinski definition) is 3. The molecule has 0 atom stereocenters. The molecule has 1 aliphatic rings. The van der Waals surface area contributed by atoms with Gasteiger partial charge in [-0.15, -0.1) is 11.8 Å². The van der Waals surface area contributed by atoms with E-state index in [0.717, 1.165) is 41.5 Å². The molecule has 0 amide bonds. The first-order valence-electron chi connectivity index (χ1n) is 8.92. The Morgan fingerprint density at radius 1 is 1.12 bits per heavy atom. The van der Waals surface area contributed by atoms with Gasteiger partial charge in [0.25, 0.3) is 0 Å². The van der Waals surface area contributed by atoms with Crippen LogP contribution in [-0.2, 0) is 12.2 Å². The Balaban J connectivity index is 1.83. The molecule has 2 aromatic rings. The molecule has 0 fully saturated rings. The third-order valence-electron chi connectivity index (χ3n) is 4.54. The first-order chi connectivity index (χ1) is 12.1. The number of fused-ring (bicyclic) bond motifs is 1. The molecule has 0 radical (unpaired) electrons. The van der Waals surface area contributed by atoms with E-state index in [1.54, 1.807) is 0 Å². The number of thioether (sulfide) groups is 1. The van der Waals surface area contributed by atoms with Gasteiger partial charge in [0.05, 0.1) is 0 Å². The highest BCUT2D eigenvalue weighted by Crippen LogP contribution is 2.44. The van der Waals surface area contributed by atoms with Crippen LogP contribution in [0.4, 0.5) is 0 Å². The Hall–Kier alpha value is -1.32. The van der Waals surface area contributed by atoms with E-state index in [-0.39, 0.29) is 6.79 Å². The Morgan fingerprint density at radius 2 is 1.88 bits per heavy atom. The van der Waals surface area contributed by atoms with Gasteiger partial charge in [-0.3, -0.25) is 0 Å². The van der Waals surface area contributed by atoms with Gasteiger partial charge in [-0.05, 0) is 42.0 Å². The van der Waals surface area contributed by atoms with E-state index in [1.807, 2.05) is 17.8 Å². The molecular weight excluding hydrogens is 352 g/mol. The summed E-state index contributed by atoms with van der Waals surface area (Å²) in [6, 6.07) is 10.7. The number of unbranched alkanes of at least 4 members (excludes halogenated alkanes) is 1. The lowest BCUT2D eigenvalue weighted by atomic mass is 10.0.